The van der Waals surface area contributed by atoms with Crippen molar-refractivity contribution in [2.45, 2.75) is 44.8 Å². The molecular weight excluding hydrogens is 243 g/mol. The molecule has 0 aromatic heterocycles. The van der Waals surface area contributed by atoms with Gasteiger partial charge in [0.2, 0.25) is 0 Å². The smallest absolute Gasteiger partial charge is 0.328 e. The topological polar surface area (TPSA) is 60.2 Å². The second-order valence-corrected chi connectivity index (χ2v) is 6.29. The number of halogens is 3. The van der Waals surface area contributed by atoms with Crippen molar-refractivity contribution in [2.24, 2.45) is 5.73 Å². The minimum absolute atomic E-state index is 0.00196. The van der Waals surface area contributed by atoms with E-state index in [-0.39, 0.29) is 11.8 Å². The van der Waals surface area contributed by atoms with Gasteiger partial charge in [-0.1, -0.05) is 6.42 Å². The van der Waals surface area contributed by atoms with Gasteiger partial charge in [-0.3, -0.25) is 0 Å². The van der Waals surface area contributed by atoms with E-state index < -0.39 is 28.2 Å². The molecule has 0 saturated carbocycles. The molecule has 0 rings (SSSR count). The number of sulfone groups is 1. The molecule has 0 aliphatic carbocycles. The Balaban J connectivity index is 3.80. The van der Waals surface area contributed by atoms with Gasteiger partial charge >= 0.3 is 6.18 Å². The molecule has 7 heteroatoms. The zero-order valence-corrected chi connectivity index (χ0v) is 10.1. The Kier molecular flexibility index (Phi) is 6.32. The van der Waals surface area contributed by atoms with E-state index in [1.165, 1.54) is 0 Å². The van der Waals surface area contributed by atoms with Gasteiger partial charge in [-0.25, -0.2) is 8.42 Å². The summed E-state index contributed by atoms with van der Waals surface area (Å²) in [4.78, 5) is 0. The number of hydrogen-bond donors (Lipinski definition) is 1. The number of rotatable bonds is 7. The molecule has 0 bridgehead atoms. The summed E-state index contributed by atoms with van der Waals surface area (Å²) in [6.45, 7) is 1.80. The van der Waals surface area contributed by atoms with E-state index in [0.29, 0.717) is 19.3 Å². The summed E-state index contributed by atoms with van der Waals surface area (Å²) < 4.78 is 57.8. The summed E-state index contributed by atoms with van der Waals surface area (Å²) in [6, 6.07) is -0.00196. The van der Waals surface area contributed by atoms with Crippen LogP contribution in [-0.4, -0.2) is 32.1 Å². The molecule has 1 atom stereocenters. The van der Waals surface area contributed by atoms with E-state index in [4.69, 9.17) is 5.73 Å². The van der Waals surface area contributed by atoms with E-state index in [9.17, 15) is 21.6 Å². The maximum absolute atomic E-state index is 11.8. The van der Waals surface area contributed by atoms with Crippen LogP contribution in [0.2, 0.25) is 0 Å². The molecule has 0 fully saturated rings. The van der Waals surface area contributed by atoms with Crippen LogP contribution in [0.1, 0.15) is 32.6 Å². The number of unbranched alkanes of at least 4 members (excludes halogenated alkanes) is 1. The maximum Gasteiger partial charge on any atom is 0.390 e. The van der Waals surface area contributed by atoms with Gasteiger partial charge in [0.1, 0.15) is 0 Å². The Morgan fingerprint density at radius 2 is 1.75 bits per heavy atom. The summed E-state index contributed by atoms with van der Waals surface area (Å²) in [5.74, 6) is -0.996. The Bertz CT molecular complexity index is 286. The summed E-state index contributed by atoms with van der Waals surface area (Å²) in [5, 5.41) is 0. The fourth-order valence-electron chi connectivity index (χ4n) is 1.16. The standard InChI is InChI=1S/C9H18F3NO2S/c1-8(13)4-2-3-6-16(14,15)7-5-9(10,11)12/h8H,2-7,13H2,1H3. The number of alkyl halides is 3. The van der Waals surface area contributed by atoms with Gasteiger partial charge < -0.3 is 5.73 Å². The Morgan fingerprint density at radius 1 is 1.19 bits per heavy atom. The van der Waals surface area contributed by atoms with E-state index >= 15 is 0 Å². The summed E-state index contributed by atoms with van der Waals surface area (Å²) >= 11 is 0. The van der Waals surface area contributed by atoms with Crippen LogP contribution >= 0.6 is 0 Å². The second kappa shape index (κ2) is 6.44. The van der Waals surface area contributed by atoms with E-state index in [1.807, 2.05) is 0 Å². The molecule has 0 aromatic carbocycles. The maximum atomic E-state index is 11.8. The molecule has 0 aliphatic heterocycles. The first-order chi connectivity index (χ1) is 7.12. The van der Waals surface area contributed by atoms with E-state index in [2.05, 4.69) is 0 Å². The van der Waals surface area contributed by atoms with Crippen LogP contribution < -0.4 is 5.73 Å². The highest BCUT2D eigenvalue weighted by Gasteiger charge is 2.29. The monoisotopic (exact) mass is 261 g/mol. The lowest BCUT2D eigenvalue weighted by molar-refractivity contribution is -0.129. The van der Waals surface area contributed by atoms with Crippen LogP contribution in [0.15, 0.2) is 0 Å². The number of nitrogens with two attached hydrogens (primary N) is 1. The molecule has 16 heavy (non-hydrogen) atoms. The van der Waals surface area contributed by atoms with Gasteiger partial charge in [0.15, 0.2) is 9.84 Å². The van der Waals surface area contributed by atoms with Crippen molar-refractivity contribution in [1.29, 1.82) is 0 Å². The third-order valence-corrected chi connectivity index (χ3v) is 3.80. The third kappa shape index (κ3) is 10.2. The van der Waals surface area contributed by atoms with Crippen LogP contribution in [-0.2, 0) is 9.84 Å². The number of hydrogen-bond acceptors (Lipinski definition) is 3. The summed E-state index contributed by atoms with van der Waals surface area (Å²) in [6.07, 6.45) is -3.97. The molecular formula is C9H18F3NO2S. The first kappa shape index (κ1) is 15.7. The fourth-order valence-corrected chi connectivity index (χ4v) is 2.55. The molecule has 0 heterocycles. The molecule has 0 amide bonds. The van der Waals surface area contributed by atoms with Crippen molar-refractivity contribution < 1.29 is 21.6 Å². The fraction of sp³-hybridized carbons (Fsp3) is 1.00. The average molecular weight is 261 g/mol. The van der Waals surface area contributed by atoms with Crippen molar-refractivity contribution in [3.8, 4) is 0 Å². The largest absolute Gasteiger partial charge is 0.390 e. The zero-order chi connectivity index (χ0) is 12.8. The second-order valence-electron chi connectivity index (χ2n) is 3.99. The molecule has 0 aliphatic rings. The lowest BCUT2D eigenvalue weighted by atomic mass is 10.2. The zero-order valence-electron chi connectivity index (χ0n) is 9.26. The molecule has 1 unspecified atom stereocenters. The van der Waals surface area contributed by atoms with Crippen molar-refractivity contribution in [3.63, 3.8) is 0 Å². The predicted molar refractivity (Wildman–Crippen MR) is 56.8 cm³/mol. The molecule has 0 saturated heterocycles. The van der Waals surface area contributed by atoms with Crippen molar-refractivity contribution in [3.05, 3.63) is 0 Å². The van der Waals surface area contributed by atoms with Gasteiger partial charge in [-0.05, 0) is 19.8 Å². The van der Waals surface area contributed by atoms with Gasteiger partial charge in [0.25, 0.3) is 0 Å². The van der Waals surface area contributed by atoms with Crippen LogP contribution in [0.5, 0.6) is 0 Å². The predicted octanol–water partition coefficient (Wildman–Crippen LogP) is 1.87. The highest BCUT2D eigenvalue weighted by atomic mass is 32.2. The Labute approximate surface area is 94.1 Å². The highest BCUT2D eigenvalue weighted by Crippen LogP contribution is 2.20. The van der Waals surface area contributed by atoms with E-state index in [0.717, 1.165) is 0 Å². The molecule has 0 spiro atoms. The molecule has 2 N–H and O–H groups in total. The van der Waals surface area contributed by atoms with Crippen molar-refractivity contribution in [1.82, 2.24) is 0 Å². The Morgan fingerprint density at radius 3 is 2.19 bits per heavy atom. The van der Waals surface area contributed by atoms with Crippen LogP contribution in [0.25, 0.3) is 0 Å². The summed E-state index contributed by atoms with van der Waals surface area (Å²) in [7, 11) is -3.57. The van der Waals surface area contributed by atoms with Gasteiger partial charge in [-0.2, -0.15) is 13.2 Å². The molecule has 0 aromatic rings. The third-order valence-electron chi connectivity index (χ3n) is 2.06. The minimum atomic E-state index is -4.40. The van der Waals surface area contributed by atoms with Gasteiger partial charge in [0.05, 0.1) is 17.9 Å². The van der Waals surface area contributed by atoms with Gasteiger partial charge in [-0.15, -0.1) is 0 Å². The lowest BCUT2D eigenvalue weighted by Crippen LogP contribution is -2.19. The molecule has 0 radical (unpaired) electrons. The van der Waals surface area contributed by atoms with Gasteiger partial charge in [0, 0.05) is 6.04 Å². The van der Waals surface area contributed by atoms with Crippen LogP contribution in [0, 0.1) is 0 Å². The normalized spacial score (nSPS) is 15.1. The minimum Gasteiger partial charge on any atom is -0.328 e. The van der Waals surface area contributed by atoms with Crippen LogP contribution in [0.4, 0.5) is 13.2 Å². The SMILES string of the molecule is CC(N)CCCCS(=O)(=O)CCC(F)(F)F. The lowest BCUT2D eigenvalue weighted by Gasteiger charge is -2.08. The highest BCUT2D eigenvalue weighted by molar-refractivity contribution is 7.91. The van der Waals surface area contributed by atoms with Crippen molar-refractivity contribution >= 4 is 9.84 Å². The first-order valence-corrected chi connectivity index (χ1v) is 6.97. The first-order valence-electron chi connectivity index (χ1n) is 5.15. The molecule has 98 valence electrons. The van der Waals surface area contributed by atoms with E-state index in [1.54, 1.807) is 6.92 Å². The average Bonchev–Trinajstić information content (AvgIpc) is 2.08. The Hall–Kier alpha value is -0.300. The van der Waals surface area contributed by atoms with Crippen molar-refractivity contribution in [2.75, 3.05) is 11.5 Å². The quantitative estimate of drug-likeness (QED) is 0.712. The van der Waals surface area contributed by atoms with Crippen LogP contribution in [0.3, 0.4) is 0 Å². The summed E-state index contributed by atoms with van der Waals surface area (Å²) in [5.41, 5.74) is 5.46. The molecule has 3 nitrogen and oxygen atoms in total.